The molecule has 0 bridgehead atoms. The van der Waals surface area contributed by atoms with Crippen LogP contribution in [0.4, 0.5) is 4.79 Å². The average Bonchev–Trinajstić information content (AvgIpc) is 3.11. The second-order valence-electron chi connectivity index (χ2n) is 9.52. The van der Waals surface area contributed by atoms with Crippen molar-refractivity contribution in [3.05, 3.63) is 57.4 Å². The Kier molecular flexibility index (Phi) is 4.80. The van der Waals surface area contributed by atoms with E-state index in [9.17, 15) is 19.5 Å². The van der Waals surface area contributed by atoms with Crippen LogP contribution in [0.25, 0.3) is 22.3 Å². The van der Waals surface area contributed by atoms with Crippen molar-refractivity contribution in [1.82, 2.24) is 9.55 Å². The fourth-order valence-electron chi connectivity index (χ4n) is 4.39. The lowest BCUT2D eigenvalue weighted by Crippen LogP contribution is -2.44. The Balaban J connectivity index is 1.56. The highest BCUT2D eigenvalue weighted by molar-refractivity contribution is 5.87. The molecule has 0 radical (unpaired) electrons. The number of aromatic nitrogens is 2. The molecule has 1 aromatic carbocycles. The minimum Gasteiger partial charge on any atom is -0.458 e. The van der Waals surface area contributed by atoms with E-state index in [1.165, 1.54) is 0 Å². The van der Waals surface area contributed by atoms with E-state index in [4.69, 9.17) is 19.2 Å². The van der Waals surface area contributed by atoms with E-state index >= 15 is 0 Å². The molecule has 0 saturated heterocycles. The molecule has 0 aliphatic carbocycles. The van der Waals surface area contributed by atoms with E-state index < -0.39 is 23.3 Å². The van der Waals surface area contributed by atoms with E-state index in [1.54, 1.807) is 56.5 Å². The lowest BCUT2D eigenvalue weighted by atomic mass is 9.86. The van der Waals surface area contributed by atoms with Crippen LogP contribution >= 0.6 is 0 Å². The number of pyridine rings is 2. The van der Waals surface area contributed by atoms with Gasteiger partial charge in [-0.15, -0.1) is 0 Å². The van der Waals surface area contributed by atoms with Crippen molar-refractivity contribution in [3.63, 3.8) is 0 Å². The Morgan fingerprint density at radius 1 is 1.24 bits per heavy atom. The minimum atomic E-state index is -1.87. The SMILES string of the molecule is CC[C@@]1(O)C(=O)OCc2c1cc1n(c2=O)Cc2cc3cc(OC(=O)OC(C)(C)C)ccc3nc2-1. The first-order valence-corrected chi connectivity index (χ1v) is 11.0. The van der Waals surface area contributed by atoms with Crippen molar-refractivity contribution in [2.24, 2.45) is 0 Å². The van der Waals surface area contributed by atoms with Crippen LogP contribution in [0, 0.1) is 0 Å². The van der Waals surface area contributed by atoms with Gasteiger partial charge in [-0.05, 0) is 57.5 Å². The Labute approximate surface area is 194 Å². The van der Waals surface area contributed by atoms with Gasteiger partial charge in [0, 0.05) is 16.5 Å². The van der Waals surface area contributed by atoms with Gasteiger partial charge in [0.05, 0.1) is 29.0 Å². The van der Waals surface area contributed by atoms with Gasteiger partial charge in [0.1, 0.15) is 18.0 Å². The molecule has 9 nitrogen and oxygen atoms in total. The zero-order valence-corrected chi connectivity index (χ0v) is 19.3. The van der Waals surface area contributed by atoms with Crippen LogP contribution in [0.2, 0.25) is 0 Å². The fourth-order valence-corrected chi connectivity index (χ4v) is 4.39. The average molecular weight is 464 g/mol. The number of nitrogens with zero attached hydrogens (tertiary/aromatic N) is 2. The summed E-state index contributed by atoms with van der Waals surface area (Å²) in [5, 5.41) is 11.7. The molecule has 34 heavy (non-hydrogen) atoms. The van der Waals surface area contributed by atoms with E-state index in [0.29, 0.717) is 22.7 Å². The summed E-state index contributed by atoms with van der Waals surface area (Å²) in [7, 11) is 0. The zero-order valence-electron chi connectivity index (χ0n) is 19.3. The van der Waals surface area contributed by atoms with E-state index in [-0.39, 0.29) is 36.3 Å². The number of hydrogen-bond donors (Lipinski definition) is 1. The van der Waals surface area contributed by atoms with Crippen molar-refractivity contribution >= 4 is 23.0 Å². The van der Waals surface area contributed by atoms with Crippen molar-refractivity contribution in [2.45, 2.75) is 58.5 Å². The predicted octanol–water partition coefficient (Wildman–Crippen LogP) is 3.39. The lowest BCUT2D eigenvalue weighted by molar-refractivity contribution is -0.172. The van der Waals surface area contributed by atoms with Gasteiger partial charge in [-0.3, -0.25) is 4.79 Å². The second-order valence-corrected chi connectivity index (χ2v) is 9.52. The van der Waals surface area contributed by atoms with Gasteiger partial charge in [-0.25, -0.2) is 14.6 Å². The van der Waals surface area contributed by atoms with E-state index in [1.807, 2.05) is 6.07 Å². The summed E-state index contributed by atoms with van der Waals surface area (Å²) in [6, 6.07) is 8.58. The van der Waals surface area contributed by atoms with Crippen LogP contribution in [0.3, 0.4) is 0 Å². The summed E-state index contributed by atoms with van der Waals surface area (Å²) in [4.78, 5) is 42.3. The predicted molar refractivity (Wildman–Crippen MR) is 121 cm³/mol. The standard InChI is InChI=1S/C25H24N2O7/c1-5-25(31)17-10-19-20-14(11-27(19)21(28)16(17)12-32-22(25)29)8-13-9-15(6-7-18(13)26-20)33-23(30)34-24(2,3)4/h6-10,31H,5,11-12H2,1-4H3/t25-/m0/s1. The molecule has 3 aromatic rings. The molecule has 1 N–H and O–H groups in total. The summed E-state index contributed by atoms with van der Waals surface area (Å²) >= 11 is 0. The number of carbonyl (C=O) groups excluding carboxylic acids is 2. The number of cyclic esters (lactones) is 1. The van der Waals surface area contributed by atoms with Crippen molar-refractivity contribution < 1.29 is 28.9 Å². The summed E-state index contributed by atoms with van der Waals surface area (Å²) in [5.41, 5.74) is 0.276. The van der Waals surface area contributed by atoms with E-state index in [0.717, 1.165) is 10.9 Å². The Morgan fingerprint density at radius 3 is 2.71 bits per heavy atom. The zero-order chi connectivity index (χ0) is 24.4. The molecule has 176 valence electrons. The molecule has 2 aliphatic heterocycles. The summed E-state index contributed by atoms with van der Waals surface area (Å²) in [6.45, 7) is 7.04. The van der Waals surface area contributed by atoms with Crippen LogP contribution in [-0.4, -0.2) is 32.4 Å². The first-order chi connectivity index (χ1) is 16.0. The van der Waals surface area contributed by atoms with E-state index in [2.05, 4.69) is 0 Å². The first kappa shape index (κ1) is 22.1. The van der Waals surface area contributed by atoms with Crippen molar-refractivity contribution in [3.8, 4) is 17.1 Å². The summed E-state index contributed by atoms with van der Waals surface area (Å²) < 4.78 is 17.2. The third kappa shape index (κ3) is 3.43. The molecule has 1 atom stereocenters. The summed E-state index contributed by atoms with van der Waals surface area (Å²) in [5.74, 6) is -0.440. The molecule has 0 spiro atoms. The maximum atomic E-state index is 13.2. The van der Waals surface area contributed by atoms with Crippen LogP contribution in [0.15, 0.2) is 35.1 Å². The molecular weight excluding hydrogens is 440 g/mol. The molecule has 2 aromatic heterocycles. The number of rotatable bonds is 2. The van der Waals surface area contributed by atoms with Crippen LogP contribution < -0.4 is 10.3 Å². The highest BCUT2D eigenvalue weighted by atomic mass is 16.7. The van der Waals surface area contributed by atoms with Gasteiger partial charge >= 0.3 is 12.1 Å². The molecule has 4 heterocycles. The number of ether oxygens (including phenoxy) is 3. The van der Waals surface area contributed by atoms with Gasteiger partial charge in [0.15, 0.2) is 5.60 Å². The van der Waals surface area contributed by atoms with Crippen LogP contribution in [-0.2, 0) is 33.0 Å². The minimum absolute atomic E-state index is 0.0835. The van der Waals surface area contributed by atoms with Gasteiger partial charge in [0.25, 0.3) is 5.56 Å². The normalized spacial score (nSPS) is 18.7. The van der Waals surface area contributed by atoms with Crippen molar-refractivity contribution in [2.75, 3.05) is 0 Å². The third-order valence-electron chi connectivity index (χ3n) is 6.07. The number of benzene rings is 1. The topological polar surface area (TPSA) is 117 Å². The largest absolute Gasteiger partial charge is 0.514 e. The number of hydrogen-bond acceptors (Lipinski definition) is 8. The first-order valence-electron chi connectivity index (χ1n) is 11.0. The maximum absolute atomic E-state index is 13.2. The lowest BCUT2D eigenvalue weighted by Gasteiger charge is -2.31. The second kappa shape index (κ2) is 7.39. The number of esters is 1. The maximum Gasteiger partial charge on any atom is 0.514 e. The molecule has 5 rings (SSSR count). The molecule has 0 fully saturated rings. The Hall–Kier alpha value is -3.72. The third-order valence-corrected chi connectivity index (χ3v) is 6.07. The van der Waals surface area contributed by atoms with Crippen LogP contribution in [0.5, 0.6) is 5.75 Å². The van der Waals surface area contributed by atoms with Gasteiger partial charge in [-0.1, -0.05) is 6.92 Å². The van der Waals surface area contributed by atoms with Crippen LogP contribution in [0.1, 0.15) is 50.8 Å². The molecule has 0 unspecified atom stereocenters. The van der Waals surface area contributed by atoms with Crippen molar-refractivity contribution in [1.29, 1.82) is 0 Å². The number of fused-ring (bicyclic) bond motifs is 5. The molecule has 0 saturated carbocycles. The van der Waals surface area contributed by atoms with Gasteiger partial charge in [0.2, 0.25) is 0 Å². The monoisotopic (exact) mass is 464 g/mol. The number of aliphatic hydroxyl groups is 1. The summed E-state index contributed by atoms with van der Waals surface area (Å²) in [6.07, 6.45) is -0.717. The Bertz CT molecular complexity index is 1430. The highest BCUT2D eigenvalue weighted by Gasteiger charge is 2.45. The van der Waals surface area contributed by atoms with Gasteiger partial charge in [-0.2, -0.15) is 0 Å². The fraction of sp³-hybridized carbons (Fsp3) is 0.360. The van der Waals surface area contributed by atoms with Gasteiger partial charge < -0.3 is 23.9 Å². The smallest absolute Gasteiger partial charge is 0.458 e. The molecular formula is C25H24N2O7. The molecule has 2 aliphatic rings. The Morgan fingerprint density at radius 2 is 2.00 bits per heavy atom. The highest BCUT2D eigenvalue weighted by Crippen LogP contribution is 2.38. The number of carbonyl (C=O) groups is 2. The quantitative estimate of drug-likeness (QED) is 0.354. The molecule has 0 amide bonds. The molecule has 9 heteroatoms.